The number of hydrogen-bond donors (Lipinski definition) is 1. The van der Waals surface area contributed by atoms with E-state index in [1.165, 1.54) is 11.3 Å². The van der Waals surface area contributed by atoms with Gasteiger partial charge in [-0.15, -0.1) is 0 Å². The first-order valence-electron chi connectivity index (χ1n) is 7.15. The Kier molecular flexibility index (Phi) is 3.88. The Morgan fingerprint density at radius 1 is 1.47 bits per heavy atom. The van der Waals surface area contributed by atoms with E-state index in [1.807, 2.05) is 23.9 Å². The molecule has 0 saturated carbocycles. The van der Waals surface area contributed by atoms with Crippen LogP contribution in [0.2, 0.25) is 0 Å². The van der Waals surface area contributed by atoms with Crippen LogP contribution in [0.25, 0.3) is 0 Å². The maximum absolute atomic E-state index is 10.7. The molecule has 104 valence electrons. The number of thioether (sulfide) groups is 1. The molecule has 19 heavy (non-hydrogen) atoms. The summed E-state index contributed by atoms with van der Waals surface area (Å²) in [6.07, 6.45) is 2.79. The van der Waals surface area contributed by atoms with Crippen LogP contribution in [0.3, 0.4) is 0 Å². The van der Waals surface area contributed by atoms with Gasteiger partial charge in [-0.1, -0.05) is 29.8 Å². The van der Waals surface area contributed by atoms with Gasteiger partial charge in [0.1, 0.15) is 0 Å². The van der Waals surface area contributed by atoms with Crippen molar-refractivity contribution in [1.82, 2.24) is 0 Å². The Hall–Kier alpha value is -0.510. The average molecular weight is 278 g/mol. The van der Waals surface area contributed by atoms with Crippen molar-refractivity contribution in [1.29, 1.82) is 0 Å². The smallest absolute Gasteiger partial charge is 0.0820 e. The Morgan fingerprint density at radius 2 is 2.37 bits per heavy atom. The van der Waals surface area contributed by atoms with Crippen molar-refractivity contribution < 1.29 is 9.84 Å². The van der Waals surface area contributed by atoms with Gasteiger partial charge in [0.15, 0.2) is 0 Å². The molecular formula is C16H22O2S. The van der Waals surface area contributed by atoms with Gasteiger partial charge in [-0.2, -0.15) is 11.8 Å². The van der Waals surface area contributed by atoms with Gasteiger partial charge in [-0.05, 0) is 43.4 Å². The van der Waals surface area contributed by atoms with Crippen molar-refractivity contribution in [2.45, 2.75) is 37.9 Å². The van der Waals surface area contributed by atoms with Crippen molar-refractivity contribution in [3.05, 3.63) is 35.4 Å². The van der Waals surface area contributed by atoms with Crippen LogP contribution in [0.15, 0.2) is 24.3 Å². The van der Waals surface area contributed by atoms with E-state index in [0.29, 0.717) is 5.92 Å². The Balaban J connectivity index is 1.74. The van der Waals surface area contributed by atoms with Crippen LogP contribution in [-0.2, 0) is 4.74 Å². The van der Waals surface area contributed by atoms with Crippen LogP contribution < -0.4 is 0 Å². The molecule has 3 rings (SSSR count). The summed E-state index contributed by atoms with van der Waals surface area (Å²) in [6.45, 7) is 2.88. The third kappa shape index (κ3) is 2.83. The summed E-state index contributed by atoms with van der Waals surface area (Å²) < 4.78 is 6.03. The first-order valence-corrected chi connectivity index (χ1v) is 8.30. The fourth-order valence-electron chi connectivity index (χ4n) is 3.32. The minimum absolute atomic E-state index is 0.0540. The molecule has 0 aliphatic carbocycles. The summed E-state index contributed by atoms with van der Waals surface area (Å²) in [5, 5.41) is 10.7. The Morgan fingerprint density at radius 3 is 3.11 bits per heavy atom. The molecule has 2 fully saturated rings. The maximum atomic E-state index is 10.7. The van der Waals surface area contributed by atoms with Crippen molar-refractivity contribution in [3.8, 4) is 0 Å². The van der Waals surface area contributed by atoms with E-state index in [1.54, 1.807) is 0 Å². The second-order valence-electron chi connectivity index (χ2n) is 5.95. The van der Waals surface area contributed by atoms with E-state index in [2.05, 4.69) is 19.1 Å². The standard InChI is InChI=1S/C16H22O2S/c1-12-3-2-4-13(9-12)15(17)14-5-7-18-16(10-14)6-8-19-11-16/h2-4,9,14-15,17H,5-8,10-11H2,1H3. The van der Waals surface area contributed by atoms with E-state index in [4.69, 9.17) is 4.74 Å². The third-order valence-electron chi connectivity index (χ3n) is 4.43. The zero-order chi connectivity index (χ0) is 13.3. The molecular weight excluding hydrogens is 256 g/mol. The minimum atomic E-state index is -0.341. The van der Waals surface area contributed by atoms with Gasteiger partial charge in [0.2, 0.25) is 0 Å². The van der Waals surface area contributed by atoms with E-state index in [-0.39, 0.29) is 11.7 Å². The van der Waals surface area contributed by atoms with Gasteiger partial charge < -0.3 is 9.84 Å². The molecule has 3 unspecified atom stereocenters. The lowest BCUT2D eigenvalue weighted by atomic mass is 9.80. The quantitative estimate of drug-likeness (QED) is 0.900. The highest BCUT2D eigenvalue weighted by atomic mass is 32.2. The molecule has 2 aliphatic heterocycles. The summed E-state index contributed by atoms with van der Waals surface area (Å²) in [5.74, 6) is 2.64. The Labute approximate surface area is 119 Å². The van der Waals surface area contributed by atoms with Crippen LogP contribution in [0.1, 0.15) is 36.5 Å². The lowest BCUT2D eigenvalue weighted by Gasteiger charge is -2.39. The number of aryl methyl sites for hydroxylation is 1. The molecule has 2 saturated heterocycles. The van der Waals surface area contributed by atoms with E-state index >= 15 is 0 Å². The normalized spacial score (nSPS) is 32.6. The molecule has 0 radical (unpaired) electrons. The van der Waals surface area contributed by atoms with Crippen molar-refractivity contribution in [2.75, 3.05) is 18.1 Å². The van der Waals surface area contributed by atoms with Gasteiger partial charge in [-0.3, -0.25) is 0 Å². The summed E-state index contributed by atoms with van der Waals surface area (Å²) >= 11 is 1.98. The molecule has 0 aromatic heterocycles. The predicted molar refractivity (Wildman–Crippen MR) is 79.5 cm³/mol. The second-order valence-corrected chi connectivity index (χ2v) is 7.05. The lowest BCUT2D eigenvalue weighted by Crippen LogP contribution is -2.41. The number of aliphatic hydroxyl groups excluding tert-OH is 1. The highest BCUT2D eigenvalue weighted by molar-refractivity contribution is 7.99. The average Bonchev–Trinajstić information content (AvgIpc) is 2.86. The summed E-state index contributed by atoms with van der Waals surface area (Å²) in [4.78, 5) is 0. The van der Waals surface area contributed by atoms with Crippen LogP contribution in [0.5, 0.6) is 0 Å². The summed E-state index contributed by atoms with van der Waals surface area (Å²) in [7, 11) is 0. The molecule has 0 amide bonds. The molecule has 1 aromatic rings. The first kappa shape index (κ1) is 13.5. The van der Waals surface area contributed by atoms with Crippen LogP contribution in [0.4, 0.5) is 0 Å². The van der Waals surface area contributed by atoms with Crippen LogP contribution in [-0.4, -0.2) is 28.8 Å². The highest BCUT2D eigenvalue weighted by Crippen LogP contribution is 2.43. The fraction of sp³-hybridized carbons (Fsp3) is 0.625. The molecule has 1 spiro atoms. The van der Waals surface area contributed by atoms with Crippen molar-refractivity contribution in [2.24, 2.45) is 5.92 Å². The molecule has 1 N–H and O–H groups in total. The molecule has 3 atom stereocenters. The number of ether oxygens (including phenoxy) is 1. The largest absolute Gasteiger partial charge is 0.388 e. The number of hydrogen-bond acceptors (Lipinski definition) is 3. The summed E-state index contributed by atoms with van der Waals surface area (Å²) in [5.41, 5.74) is 2.33. The Bertz CT molecular complexity index is 440. The second kappa shape index (κ2) is 5.47. The first-order chi connectivity index (χ1) is 9.19. The molecule has 3 heteroatoms. The highest BCUT2D eigenvalue weighted by Gasteiger charge is 2.42. The van der Waals surface area contributed by atoms with E-state index in [9.17, 15) is 5.11 Å². The maximum Gasteiger partial charge on any atom is 0.0820 e. The number of rotatable bonds is 2. The molecule has 2 nitrogen and oxygen atoms in total. The third-order valence-corrected chi connectivity index (χ3v) is 5.65. The van der Waals surface area contributed by atoms with Gasteiger partial charge in [0.05, 0.1) is 11.7 Å². The monoisotopic (exact) mass is 278 g/mol. The number of aliphatic hydroxyl groups is 1. The van der Waals surface area contributed by atoms with Crippen LogP contribution in [0, 0.1) is 12.8 Å². The SMILES string of the molecule is Cc1cccc(C(O)C2CCOC3(CCSC3)C2)c1. The van der Waals surface area contributed by atoms with Crippen molar-refractivity contribution >= 4 is 11.8 Å². The fourth-order valence-corrected chi connectivity index (χ4v) is 4.70. The van der Waals surface area contributed by atoms with Gasteiger partial charge >= 0.3 is 0 Å². The predicted octanol–water partition coefficient (Wildman–Crippen LogP) is 3.33. The molecule has 1 aromatic carbocycles. The zero-order valence-corrected chi connectivity index (χ0v) is 12.3. The van der Waals surface area contributed by atoms with E-state index < -0.39 is 0 Å². The van der Waals surface area contributed by atoms with E-state index in [0.717, 1.165) is 37.2 Å². The van der Waals surface area contributed by atoms with Gasteiger partial charge in [0, 0.05) is 12.4 Å². The topological polar surface area (TPSA) is 29.5 Å². The molecule has 0 bridgehead atoms. The van der Waals surface area contributed by atoms with Gasteiger partial charge in [0.25, 0.3) is 0 Å². The minimum Gasteiger partial charge on any atom is -0.388 e. The zero-order valence-electron chi connectivity index (χ0n) is 11.5. The molecule has 2 aliphatic rings. The van der Waals surface area contributed by atoms with Crippen LogP contribution >= 0.6 is 11.8 Å². The van der Waals surface area contributed by atoms with Crippen molar-refractivity contribution in [3.63, 3.8) is 0 Å². The summed E-state index contributed by atoms with van der Waals surface area (Å²) in [6, 6.07) is 8.27. The van der Waals surface area contributed by atoms with Gasteiger partial charge in [-0.25, -0.2) is 0 Å². The molecule has 2 heterocycles. The number of benzene rings is 1. The lowest BCUT2D eigenvalue weighted by molar-refractivity contribution is -0.102.